The lowest BCUT2D eigenvalue weighted by atomic mass is 10.1. The molecule has 1 aromatic rings. The van der Waals surface area contributed by atoms with Crippen molar-refractivity contribution in [3.8, 4) is 0 Å². The number of amidine groups is 1. The Balaban J connectivity index is 0.000000219. The molecule has 0 radical (unpaired) electrons. The van der Waals surface area contributed by atoms with Crippen molar-refractivity contribution in [1.82, 2.24) is 4.90 Å². The zero-order valence-corrected chi connectivity index (χ0v) is 12.5. The lowest BCUT2D eigenvalue weighted by Crippen LogP contribution is -2.24. The third-order valence-electron chi connectivity index (χ3n) is 3.35. The number of likely N-dealkylation sites (N-methyl/N-ethyl adjacent to an activating group) is 2. The van der Waals surface area contributed by atoms with Gasteiger partial charge < -0.3 is 15.0 Å². The van der Waals surface area contributed by atoms with Crippen molar-refractivity contribution in [2.45, 2.75) is 13.3 Å². The summed E-state index contributed by atoms with van der Waals surface area (Å²) in [4.78, 5) is 23.1. The lowest BCUT2D eigenvalue weighted by Gasteiger charge is -2.04. The van der Waals surface area contributed by atoms with Gasteiger partial charge in [0.15, 0.2) is 0 Å². The van der Waals surface area contributed by atoms with Gasteiger partial charge in [-0.05, 0) is 6.07 Å². The van der Waals surface area contributed by atoms with Crippen LogP contribution in [0.4, 0.5) is 0 Å². The predicted octanol–water partition coefficient (Wildman–Crippen LogP) is 0.131. The molecule has 21 heavy (non-hydrogen) atoms. The Kier molecular flexibility index (Phi) is 5.90. The van der Waals surface area contributed by atoms with Crippen LogP contribution in [0.25, 0.3) is 0 Å². The highest BCUT2D eigenvalue weighted by atomic mass is 16.4. The minimum absolute atomic E-state index is 0.252. The van der Waals surface area contributed by atoms with Crippen LogP contribution in [0.3, 0.4) is 0 Å². The van der Waals surface area contributed by atoms with Crippen molar-refractivity contribution in [3.63, 3.8) is 0 Å². The maximum atomic E-state index is 10.4. The molecule has 6 heteroatoms. The van der Waals surface area contributed by atoms with Gasteiger partial charge in [0, 0.05) is 12.0 Å². The number of rotatable bonds is 3. The first-order valence-electron chi connectivity index (χ1n) is 6.70. The first-order chi connectivity index (χ1) is 9.88. The lowest BCUT2D eigenvalue weighted by molar-refractivity contribution is -0.487. The molecule has 0 aromatic heterocycles. The maximum absolute atomic E-state index is 10.4. The summed E-state index contributed by atoms with van der Waals surface area (Å²) in [5.74, 6) is -1.28. The molecular formula is C15H20N2O4. The Morgan fingerprint density at radius 2 is 1.90 bits per heavy atom. The molecule has 1 heterocycles. The van der Waals surface area contributed by atoms with E-state index < -0.39 is 11.9 Å². The van der Waals surface area contributed by atoms with Crippen molar-refractivity contribution in [2.75, 3.05) is 27.2 Å². The molecule has 0 fully saturated rings. The van der Waals surface area contributed by atoms with Gasteiger partial charge in [0.05, 0.1) is 25.6 Å². The standard InChI is InChI=1S/C8H6O4.C7H15N2/c9-7(10)5-3-1-2-4-6(5)8(11)12;1-4-7-8(2)5-6-9(7)3/h1-4H,(H,9,10)(H,11,12);4-6H2,1-3H3/q;+1/p-1. The van der Waals surface area contributed by atoms with Gasteiger partial charge in [0.25, 0.3) is 0 Å². The molecule has 0 spiro atoms. The molecule has 1 aromatic carbocycles. The average Bonchev–Trinajstić information content (AvgIpc) is 2.78. The molecule has 0 unspecified atom stereocenters. The van der Waals surface area contributed by atoms with Crippen LogP contribution >= 0.6 is 0 Å². The number of carboxylic acids is 2. The normalized spacial score (nSPS) is 13.8. The Labute approximate surface area is 123 Å². The van der Waals surface area contributed by atoms with Crippen molar-refractivity contribution in [2.24, 2.45) is 0 Å². The fraction of sp³-hybridized carbons (Fsp3) is 0.400. The molecular weight excluding hydrogens is 272 g/mol. The maximum Gasteiger partial charge on any atom is 0.336 e. The van der Waals surface area contributed by atoms with Gasteiger partial charge in [0.2, 0.25) is 5.84 Å². The summed E-state index contributed by atoms with van der Waals surface area (Å²) in [5, 5.41) is 18.9. The van der Waals surface area contributed by atoms with Crippen LogP contribution in [0.5, 0.6) is 0 Å². The summed E-state index contributed by atoms with van der Waals surface area (Å²) < 4.78 is 2.32. The molecule has 1 N–H and O–H groups in total. The van der Waals surface area contributed by atoms with Crippen molar-refractivity contribution >= 4 is 17.8 Å². The molecule has 2 rings (SSSR count). The summed E-state index contributed by atoms with van der Waals surface area (Å²) in [5.41, 5.74) is -0.553. The Morgan fingerprint density at radius 1 is 1.33 bits per heavy atom. The van der Waals surface area contributed by atoms with Crippen LogP contribution in [0.15, 0.2) is 24.3 Å². The van der Waals surface area contributed by atoms with E-state index in [2.05, 4.69) is 30.5 Å². The molecule has 114 valence electrons. The third kappa shape index (κ3) is 4.30. The summed E-state index contributed by atoms with van der Waals surface area (Å²) in [7, 11) is 4.31. The number of nitrogens with zero attached hydrogens (tertiary/aromatic N) is 2. The van der Waals surface area contributed by atoms with Gasteiger partial charge in [-0.2, -0.15) is 0 Å². The highest BCUT2D eigenvalue weighted by Crippen LogP contribution is 2.06. The number of carbonyl (C=O) groups excluding carboxylic acids is 1. The van der Waals surface area contributed by atoms with Crippen LogP contribution in [0, 0.1) is 0 Å². The highest BCUT2D eigenvalue weighted by Gasteiger charge is 2.21. The minimum atomic E-state index is -1.48. The molecule has 0 aliphatic carbocycles. The van der Waals surface area contributed by atoms with Crippen LogP contribution in [0.2, 0.25) is 0 Å². The van der Waals surface area contributed by atoms with Crippen molar-refractivity contribution < 1.29 is 24.4 Å². The van der Waals surface area contributed by atoms with Gasteiger partial charge in [-0.15, -0.1) is 0 Å². The number of carbonyl (C=O) groups is 2. The van der Waals surface area contributed by atoms with Gasteiger partial charge in [-0.3, -0.25) is 9.48 Å². The summed E-state index contributed by atoms with van der Waals surface area (Å²) in [6.45, 7) is 4.59. The van der Waals surface area contributed by atoms with E-state index >= 15 is 0 Å². The second-order valence-corrected chi connectivity index (χ2v) is 4.75. The zero-order chi connectivity index (χ0) is 16.0. The second-order valence-electron chi connectivity index (χ2n) is 4.75. The van der Waals surface area contributed by atoms with E-state index in [0.717, 1.165) is 6.42 Å². The van der Waals surface area contributed by atoms with E-state index in [4.69, 9.17) is 5.11 Å². The predicted molar refractivity (Wildman–Crippen MR) is 76.7 cm³/mol. The number of benzene rings is 1. The first-order valence-corrected chi connectivity index (χ1v) is 6.70. The first kappa shape index (κ1) is 16.7. The van der Waals surface area contributed by atoms with Crippen molar-refractivity contribution in [1.29, 1.82) is 0 Å². The molecule has 1 aliphatic rings. The number of aromatic carboxylic acids is 2. The van der Waals surface area contributed by atoms with Gasteiger partial charge >= 0.3 is 5.97 Å². The summed E-state index contributed by atoms with van der Waals surface area (Å²) in [6.07, 6.45) is 1.16. The molecule has 0 saturated heterocycles. The molecule has 0 atom stereocenters. The second kappa shape index (κ2) is 7.42. The monoisotopic (exact) mass is 292 g/mol. The average molecular weight is 292 g/mol. The van der Waals surface area contributed by atoms with Gasteiger partial charge in [0.1, 0.15) is 13.1 Å². The van der Waals surface area contributed by atoms with E-state index in [9.17, 15) is 14.7 Å². The number of hydrogen-bond donors (Lipinski definition) is 1. The molecule has 6 nitrogen and oxygen atoms in total. The van der Waals surface area contributed by atoms with Gasteiger partial charge in [-0.25, -0.2) is 4.79 Å². The molecule has 0 bridgehead atoms. The zero-order valence-electron chi connectivity index (χ0n) is 12.5. The van der Waals surface area contributed by atoms with Gasteiger partial charge in [-0.1, -0.05) is 25.1 Å². The molecule has 0 amide bonds. The number of carboxylic acid groups (broad SMARTS) is 2. The van der Waals surface area contributed by atoms with E-state index in [1.54, 1.807) is 0 Å². The smallest absolute Gasteiger partial charge is 0.336 e. The van der Waals surface area contributed by atoms with Crippen LogP contribution in [-0.4, -0.2) is 59.5 Å². The topological polar surface area (TPSA) is 83.7 Å². The summed E-state index contributed by atoms with van der Waals surface area (Å²) in [6, 6.07) is 5.31. The largest absolute Gasteiger partial charge is 0.545 e. The Bertz CT molecular complexity index is 534. The van der Waals surface area contributed by atoms with E-state index in [-0.39, 0.29) is 11.1 Å². The van der Waals surface area contributed by atoms with Crippen molar-refractivity contribution in [3.05, 3.63) is 35.4 Å². The fourth-order valence-corrected chi connectivity index (χ4v) is 2.24. The van der Waals surface area contributed by atoms with E-state index in [1.807, 2.05) is 0 Å². The fourth-order valence-electron chi connectivity index (χ4n) is 2.24. The van der Waals surface area contributed by atoms with Crippen LogP contribution in [0.1, 0.15) is 34.1 Å². The minimum Gasteiger partial charge on any atom is -0.545 e. The van der Waals surface area contributed by atoms with E-state index in [1.165, 1.54) is 43.2 Å². The third-order valence-corrected chi connectivity index (χ3v) is 3.35. The summed E-state index contributed by atoms with van der Waals surface area (Å²) >= 11 is 0. The van der Waals surface area contributed by atoms with E-state index in [0.29, 0.717) is 0 Å². The highest BCUT2D eigenvalue weighted by molar-refractivity contribution is 6.00. The Hall–Kier alpha value is -2.37. The van der Waals surface area contributed by atoms with Crippen LogP contribution < -0.4 is 5.11 Å². The molecule has 0 saturated carbocycles. The van der Waals surface area contributed by atoms with Crippen LogP contribution in [-0.2, 0) is 0 Å². The Morgan fingerprint density at radius 3 is 2.19 bits per heavy atom. The number of hydrogen-bond acceptors (Lipinski definition) is 4. The quantitative estimate of drug-likeness (QED) is 0.801. The molecule has 1 aliphatic heterocycles. The SMILES string of the molecule is CCC1=[N+](C)CCN1C.O=C([O-])c1ccccc1C(=O)O.